The van der Waals surface area contributed by atoms with Gasteiger partial charge in [0.25, 0.3) is 0 Å². The fourth-order valence-electron chi connectivity index (χ4n) is 7.25. The van der Waals surface area contributed by atoms with E-state index in [0.717, 1.165) is 25.7 Å². The van der Waals surface area contributed by atoms with Crippen LogP contribution < -0.4 is 32.0 Å². The Bertz CT molecular complexity index is 1600. The van der Waals surface area contributed by atoms with Crippen molar-refractivity contribution in [3.63, 3.8) is 0 Å². The number of aliphatic carboxylic acids is 1. The molecule has 56 heavy (non-hydrogen) atoms. The smallest absolute Gasteiger partial charge is 0.326 e. The Kier molecular flexibility index (Phi) is 20.0. The lowest BCUT2D eigenvalue weighted by atomic mass is 9.88. The average Bonchev–Trinajstić information content (AvgIpc) is 3.17. The molecule has 13 nitrogen and oxygen atoms in total. The Morgan fingerprint density at radius 1 is 0.839 bits per heavy atom. The van der Waals surface area contributed by atoms with Gasteiger partial charge in [0.1, 0.15) is 42.6 Å². The summed E-state index contributed by atoms with van der Waals surface area (Å²) in [5.41, 5.74) is 19.7. The van der Waals surface area contributed by atoms with Crippen LogP contribution in [0, 0.1) is 11.8 Å². The lowest BCUT2D eigenvalue weighted by Crippen LogP contribution is -2.45. The molecule has 1 heterocycles. The van der Waals surface area contributed by atoms with E-state index in [-0.39, 0.29) is 64.3 Å². The number of ether oxygens (including phenoxy) is 2. The highest BCUT2D eigenvalue weighted by atomic mass is 16.5. The summed E-state index contributed by atoms with van der Waals surface area (Å²) < 4.78 is 12.1. The van der Waals surface area contributed by atoms with Gasteiger partial charge in [0.05, 0.1) is 0 Å². The fourth-order valence-corrected chi connectivity index (χ4v) is 7.25. The number of nitrogens with two attached hydrogens (primary N) is 3. The zero-order valence-corrected chi connectivity index (χ0v) is 33.7. The van der Waals surface area contributed by atoms with E-state index >= 15 is 0 Å². The van der Waals surface area contributed by atoms with E-state index in [0.29, 0.717) is 40.2 Å². The van der Waals surface area contributed by atoms with Crippen LogP contribution in [-0.4, -0.2) is 85.3 Å². The quantitative estimate of drug-likeness (QED) is 0.0936. The predicted molar refractivity (Wildman–Crippen MR) is 217 cm³/mol. The molecule has 310 valence electrons. The lowest BCUT2D eigenvalue weighted by molar-refractivity contribution is -0.144. The summed E-state index contributed by atoms with van der Waals surface area (Å²) in [5, 5.41) is 12.7. The van der Waals surface area contributed by atoms with E-state index in [4.69, 9.17) is 26.7 Å². The molecule has 2 amide bonds. The van der Waals surface area contributed by atoms with Crippen molar-refractivity contribution < 1.29 is 38.6 Å². The highest BCUT2D eigenvalue weighted by Crippen LogP contribution is 2.41. The molecule has 0 aromatic heterocycles. The predicted octanol–water partition coefficient (Wildman–Crippen LogP) is 5.09. The number of carboxylic acid groups (broad SMARTS) is 1. The number of carboxylic acids is 1. The maximum absolute atomic E-state index is 14.4. The number of rotatable bonds is 23. The van der Waals surface area contributed by atoms with E-state index in [1.54, 1.807) is 43.3 Å². The molecule has 0 unspecified atom stereocenters. The number of nitrogens with one attached hydrogen (secondary N) is 1. The minimum absolute atomic E-state index is 0.0133. The van der Waals surface area contributed by atoms with Crippen LogP contribution in [0.2, 0.25) is 0 Å². The number of nitrogens with zero attached hydrogens (tertiary/aromatic N) is 1. The van der Waals surface area contributed by atoms with Crippen molar-refractivity contribution in [2.45, 2.75) is 116 Å². The largest absolute Gasteiger partial charge is 0.492 e. The average molecular weight is 780 g/mol. The van der Waals surface area contributed by atoms with Gasteiger partial charge in [-0.25, -0.2) is 4.79 Å². The molecule has 1 aliphatic rings. The summed E-state index contributed by atoms with van der Waals surface area (Å²) in [5.74, 6) is -3.48. The van der Waals surface area contributed by atoms with Crippen LogP contribution in [-0.2, 0) is 30.4 Å². The van der Waals surface area contributed by atoms with E-state index in [2.05, 4.69) is 12.2 Å². The first-order valence-corrected chi connectivity index (χ1v) is 20.4. The van der Waals surface area contributed by atoms with Gasteiger partial charge in [0, 0.05) is 68.8 Å². The van der Waals surface area contributed by atoms with E-state index in [1.807, 2.05) is 0 Å². The second kappa shape index (κ2) is 24.3. The summed E-state index contributed by atoms with van der Waals surface area (Å²) >= 11 is 0. The summed E-state index contributed by atoms with van der Waals surface area (Å²) in [6, 6.07) is 7.91. The van der Waals surface area contributed by atoms with E-state index in [9.17, 15) is 29.1 Å². The summed E-state index contributed by atoms with van der Waals surface area (Å²) in [7, 11) is 1.53. The number of unbranched alkanes of at least 4 members (excludes halogenated alkanes) is 8. The van der Waals surface area contributed by atoms with Crippen LogP contribution in [0.15, 0.2) is 36.4 Å². The Labute approximate surface area is 332 Å². The number of likely N-dealkylation sites (N-methyl/N-ethyl adjacent to an activating group) is 1. The number of hydrogen-bond donors (Lipinski definition) is 5. The summed E-state index contributed by atoms with van der Waals surface area (Å²) in [4.78, 5) is 69.0. The zero-order valence-electron chi connectivity index (χ0n) is 33.7. The second-order valence-corrected chi connectivity index (χ2v) is 15.0. The molecule has 0 spiro atoms. The maximum atomic E-state index is 14.4. The minimum Gasteiger partial charge on any atom is -0.492 e. The second-order valence-electron chi connectivity index (χ2n) is 15.0. The third kappa shape index (κ3) is 14.0. The van der Waals surface area contributed by atoms with Gasteiger partial charge in [0.15, 0.2) is 5.78 Å². The number of carbonyl (C=O) groups is 5. The first-order valence-electron chi connectivity index (χ1n) is 20.4. The molecule has 0 aliphatic carbocycles. The van der Waals surface area contributed by atoms with Gasteiger partial charge in [-0.3, -0.25) is 19.2 Å². The number of ketones is 2. The van der Waals surface area contributed by atoms with Crippen molar-refractivity contribution >= 4 is 29.4 Å². The van der Waals surface area contributed by atoms with Gasteiger partial charge in [-0.2, -0.15) is 0 Å². The minimum atomic E-state index is -1.28. The van der Waals surface area contributed by atoms with Crippen LogP contribution in [0.4, 0.5) is 0 Å². The molecule has 2 aromatic carbocycles. The molecule has 4 bridgehead atoms. The van der Waals surface area contributed by atoms with Crippen LogP contribution in [0.3, 0.4) is 0 Å². The van der Waals surface area contributed by atoms with E-state index in [1.165, 1.54) is 44.1 Å². The third-order valence-corrected chi connectivity index (χ3v) is 10.4. The number of hydrogen-bond acceptors (Lipinski definition) is 10. The standard InChI is InChI=1S/C43H65N5O8/c1-4-5-6-7-8-9-10-11-12-13-33(49)27-32(18-19-44)42(52)48(3)40-31-15-17-39(56-23-21-46)35(28-31)34-25-30(14-16-38(34)55-22-20-45)26-36(43(53)54)47-41(51)29(2)24-37(40)50/h14-17,25,28-29,32,36,40H,4-13,18-24,26-27,44-46H2,1-3H3,(H,47,51)(H,53,54)/t29-,32-,36+,40+/m1/s1. The van der Waals surface area contributed by atoms with Crippen LogP contribution in [0.1, 0.15) is 114 Å². The third-order valence-electron chi connectivity index (χ3n) is 10.4. The molecule has 0 saturated carbocycles. The molecule has 0 radical (unpaired) electrons. The number of amides is 2. The Morgan fingerprint density at radius 2 is 1.43 bits per heavy atom. The topological polar surface area (TPSA) is 217 Å². The SMILES string of the molecule is CCCCCCCCCCCC(=O)C[C@@H](CCN)C(=O)N(C)[C@@H]1C(=O)C[C@@H](C)C(=O)N[C@H](C(=O)O)Cc2ccc(OCCN)c(c2)-c2cc1ccc2OCCN. The van der Waals surface area contributed by atoms with Gasteiger partial charge in [0.2, 0.25) is 11.8 Å². The fraction of sp³-hybridized carbons (Fsp3) is 0.605. The van der Waals surface area contributed by atoms with Crippen molar-refractivity contribution in [2.75, 3.05) is 39.9 Å². The maximum Gasteiger partial charge on any atom is 0.326 e. The number of fused-ring (bicyclic) bond motifs is 5. The molecule has 2 aromatic rings. The van der Waals surface area contributed by atoms with Crippen molar-refractivity contribution in [2.24, 2.45) is 29.0 Å². The molecule has 3 rings (SSSR count). The first kappa shape index (κ1) is 46.1. The number of carbonyl (C=O) groups excluding carboxylic acids is 4. The Balaban J connectivity index is 2.02. The van der Waals surface area contributed by atoms with Crippen LogP contribution in [0.5, 0.6) is 11.5 Å². The molecule has 8 N–H and O–H groups in total. The summed E-state index contributed by atoms with van der Waals surface area (Å²) in [6.07, 6.45) is 10.5. The molecule has 0 fully saturated rings. The first-order chi connectivity index (χ1) is 26.9. The van der Waals surface area contributed by atoms with E-state index < -0.39 is 47.5 Å². The van der Waals surface area contributed by atoms with Crippen molar-refractivity contribution in [1.82, 2.24) is 10.2 Å². The molecule has 13 heteroatoms. The molecule has 0 saturated heterocycles. The highest BCUT2D eigenvalue weighted by molar-refractivity contribution is 5.95. The van der Waals surface area contributed by atoms with Crippen LogP contribution >= 0.6 is 0 Å². The number of benzene rings is 2. The van der Waals surface area contributed by atoms with Crippen molar-refractivity contribution in [1.29, 1.82) is 0 Å². The van der Waals surface area contributed by atoms with Gasteiger partial charge in [-0.05, 0) is 54.8 Å². The van der Waals surface area contributed by atoms with Gasteiger partial charge < -0.3 is 42.0 Å². The van der Waals surface area contributed by atoms with Gasteiger partial charge in [-0.1, -0.05) is 77.3 Å². The zero-order chi connectivity index (χ0) is 41.0. The normalized spacial score (nSPS) is 17.7. The molecule has 4 atom stereocenters. The number of Topliss-reactive ketones (excluding diaryl/α,β-unsaturated/α-hetero) is 2. The Morgan fingerprint density at radius 3 is 2.02 bits per heavy atom. The van der Waals surface area contributed by atoms with Crippen molar-refractivity contribution in [3.05, 3.63) is 47.5 Å². The molecule has 1 aliphatic heterocycles. The molecular formula is C43H65N5O8. The van der Waals surface area contributed by atoms with Gasteiger partial charge >= 0.3 is 5.97 Å². The highest BCUT2D eigenvalue weighted by Gasteiger charge is 2.36. The molecular weight excluding hydrogens is 714 g/mol. The van der Waals surface area contributed by atoms with Crippen LogP contribution in [0.25, 0.3) is 11.1 Å². The summed E-state index contributed by atoms with van der Waals surface area (Å²) in [6.45, 7) is 4.77. The monoisotopic (exact) mass is 779 g/mol. The van der Waals surface area contributed by atoms with Crippen molar-refractivity contribution in [3.8, 4) is 22.6 Å². The Hall–Kier alpha value is -4.33. The lowest BCUT2D eigenvalue weighted by Gasteiger charge is -2.32. The van der Waals surface area contributed by atoms with Gasteiger partial charge in [-0.15, -0.1) is 0 Å².